The first-order chi connectivity index (χ1) is 7.77. The summed E-state index contributed by atoms with van der Waals surface area (Å²) in [4.78, 5) is 1.24. The van der Waals surface area contributed by atoms with E-state index in [4.69, 9.17) is 17.4 Å². The molecular formula is C12H21ClN2S. The number of halogens is 1. The molecule has 0 spiro atoms. The van der Waals surface area contributed by atoms with Gasteiger partial charge in [-0.1, -0.05) is 50.6 Å². The van der Waals surface area contributed by atoms with Crippen molar-refractivity contribution >= 4 is 22.9 Å². The van der Waals surface area contributed by atoms with Crippen molar-refractivity contribution in [1.82, 2.24) is 5.43 Å². The van der Waals surface area contributed by atoms with Crippen molar-refractivity contribution < 1.29 is 0 Å². The van der Waals surface area contributed by atoms with Gasteiger partial charge < -0.3 is 0 Å². The molecule has 2 nitrogen and oxygen atoms in total. The van der Waals surface area contributed by atoms with Gasteiger partial charge >= 0.3 is 0 Å². The Kier molecular flexibility index (Phi) is 7.05. The predicted octanol–water partition coefficient (Wildman–Crippen LogP) is 4.27. The summed E-state index contributed by atoms with van der Waals surface area (Å²) in [7, 11) is 0. The van der Waals surface area contributed by atoms with Crippen LogP contribution in [-0.4, -0.2) is 0 Å². The quantitative estimate of drug-likeness (QED) is 0.416. The molecule has 0 aliphatic carbocycles. The summed E-state index contributed by atoms with van der Waals surface area (Å²) in [6.45, 7) is 2.23. The summed E-state index contributed by atoms with van der Waals surface area (Å²) < 4.78 is 0.834. The van der Waals surface area contributed by atoms with E-state index >= 15 is 0 Å². The maximum absolute atomic E-state index is 5.91. The minimum Gasteiger partial charge on any atom is -0.271 e. The average Bonchev–Trinajstić information content (AvgIpc) is 2.70. The van der Waals surface area contributed by atoms with E-state index in [1.165, 1.54) is 37.0 Å². The third kappa shape index (κ3) is 4.83. The standard InChI is InChI=1S/C12H21ClN2S/c1-2-3-4-5-6-7-10(15-14)11-8-9-12(13)16-11/h8-10,15H,2-7,14H2,1H3. The number of thiophene rings is 1. The van der Waals surface area contributed by atoms with Gasteiger partial charge in [-0.15, -0.1) is 11.3 Å². The summed E-state index contributed by atoms with van der Waals surface area (Å²) >= 11 is 7.53. The highest BCUT2D eigenvalue weighted by molar-refractivity contribution is 7.16. The third-order valence-corrected chi connectivity index (χ3v) is 4.08. The van der Waals surface area contributed by atoms with Crippen molar-refractivity contribution in [3.8, 4) is 0 Å². The van der Waals surface area contributed by atoms with Crippen LogP contribution in [0.2, 0.25) is 4.34 Å². The van der Waals surface area contributed by atoms with Gasteiger partial charge in [0.2, 0.25) is 0 Å². The molecule has 0 radical (unpaired) electrons. The van der Waals surface area contributed by atoms with Gasteiger partial charge in [-0.25, -0.2) is 0 Å². The second kappa shape index (κ2) is 8.07. The molecule has 3 N–H and O–H groups in total. The Morgan fingerprint density at radius 2 is 2.06 bits per heavy atom. The van der Waals surface area contributed by atoms with Gasteiger partial charge in [0.1, 0.15) is 0 Å². The van der Waals surface area contributed by atoms with Gasteiger partial charge in [0.15, 0.2) is 0 Å². The van der Waals surface area contributed by atoms with Crippen molar-refractivity contribution in [3.63, 3.8) is 0 Å². The molecule has 0 aliphatic heterocycles. The SMILES string of the molecule is CCCCCCCC(NN)c1ccc(Cl)s1. The van der Waals surface area contributed by atoms with Gasteiger partial charge in [0, 0.05) is 4.88 Å². The van der Waals surface area contributed by atoms with Crippen LogP contribution in [-0.2, 0) is 0 Å². The maximum Gasteiger partial charge on any atom is 0.0931 e. The Balaban J connectivity index is 2.27. The Hall–Kier alpha value is -0.0900. The van der Waals surface area contributed by atoms with Crippen LogP contribution in [0.1, 0.15) is 56.4 Å². The minimum atomic E-state index is 0.263. The molecule has 0 aromatic carbocycles. The fraction of sp³-hybridized carbons (Fsp3) is 0.667. The molecule has 0 aliphatic rings. The van der Waals surface area contributed by atoms with Gasteiger partial charge in [-0.2, -0.15) is 0 Å². The summed E-state index contributed by atoms with van der Waals surface area (Å²) in [6.07, 6.45) is 7.58. The average molecular weight is 261 g/mol. The highest BCUT2D eigenvalue weighted by atomic mass is 35.5. The number of unbranched alkanes of at least 4 members (excludes halogenated alkanes) is 4. The zero-order chi connectivity index (χ0) is 11.8. The van der Waals surface area contributed by atoms with E-state index in [-0.39, 0.29) is 6.04 Å². The second-order valence-corrected chi connectivity index (χ2v) is 5.81. The van der Waals surface area contributed by atoms with Gasteiger partial charge in [-0.05, 0) is 18.6 Å². The largest absolute Gasteiger partial charge is 0.271 e. The van der Waals surface area contributed by atoms with Crippen LogP contribution >= 0.6 is 22.9 Å². The van der Waals surface area contributed by atoms with E-state index in [0.717, 1.165) is 10.8 Å². The topological polar surface area (TPSA) is 38.0 Å². The molecule has 0 saturated heterocycles. The van der Waals surface area contributed by atoms with Gasteiger partial charge in [0.05, 0.1) is 10.4 Å². The monoisotopic (exact) mass is 260 g/mol. The number of nitrogens with two attached hydrogens (primary N) is 1. The lowest BCUT2D eigenvalue weighted by atomic mass is 10.1. The third-order valence-electron chi connectivity index (χ3n) is 2.73. The lowest BCUT2D eigenvalue weighted by molar-refractivity contribution is 0.484. The Morgan fingerprint density at radius 1 is 1.31 bits per heavy atom. The van der Waals surface area contributed by atoms with Crippen molar-refractivity contribution in [1.29, 1.82) is 0 Å². The van der Waals surface area contributed by atoms with E-state index < -0.39 is 0 Å². The Labute approximate surface area is 107 Å². The highest BCUT2D eigenvalue weighted by Gasteiger charge is 2.11. The van der Waals surface area contributed by atoms with Crippen LogP contribution < -0.4 is 11.3 Å². The summed E-state index contributed by atoms with van der Waals surface area (Å²) in [5.41, 5.74) is 2.87. The Bertz CT molecular complexity index is 288. The first-order valence-corrected chi connectivity index (χ1v) is 7.18. The van der Waals surface area contributed by atoms with Crippen LogP contribution in [0.3, 0.4) is 0 Å². The van der Waals surface area contributed by atoms with E-state index in [0.29, 0.717) is 0 Å². The molecule has 1 aromatic heterocycles. The van der Waals surface area contributed by atoms with Crippen molar-refractivity contribution in [3.05, 3.63) is 21.3 Å². The molecular weight excluding hydrogens is 240 g/mol. The number of rotatable bonds is 8. The van der Waals surface area contributed by atoms with Crippen LogP contribution in [0.15, 0.2) is 12.1 Å². The summed E-state index contributed by atoms with van der Waals surface area (Å²) in [5.74, 6) is 5.57. The van der Waals surface area contributed by atoms with E-state index in [1.807, 2.05) is 6.07 Å². The van der Waals surface area contributed by atoms with Gasteiger partial charge in [-0.3, -0.25) is 11.3 Å². The lowest BCUT2D eigenvalue weighted by Gasteiger charge is -2.13. The number of hydrazine groups is 1. The van der Waals surface area contributed by atoms with E-state index in [9.17, 15) is 0 Å². The molecule has 0 amide bonds. The molecule has 0 bridgehead atoms. The first kappa shape index (κ1) is 14.0. The maximum atomic E-state index is 5.91. The number of nitrogens with one attached hydrogen (secondary N) is 1. The van der Waals surface area contributed by atoms with Crippen molar-refractivity contribution in [2.75, 3.05) is 0 Å². The second-order valence-electron chi connectivity index (χ2n) is 4.06. The smallest absolute Gasteiger partial charge is 0.0931 e. The zero-order valence-corrected chi connectivity index (χ0v) is 11.4. The predicted molar refractivity (Wildman–Crippen MR) is 72.8 cm³/mol. The molecule has 16 heavy (non-hydrogen) atoms. The molecule has 92 valence electrons. The highest BCUT2D eigenvalue weighted by Crippen LogP contribution is 2.29. The summed E-state index contributed by atoms with van der Waals surface area (Å²) in [6, 6.07) is 4.26. The molecule has 1 heterocycles. The molecule has 0 saturated carbocycles. The number of hydrogen-bond donors (Lipinski definition) is 2. The normalized spacial score (nSPS) is 12.9. The lowest BCUT2D eigenvalue weighted by Crippen LogP contribution is -2.27. The first-order valence-electron chi connectivity index (χ1n) is 5.99. The van der Waals surface area contributed by atoms with Crippen LogP contribution in [0, 0.1) is 0 Å². The fourth-order valence-electron chi connectivity index (χ4n) is 1.78. The van der Waals surface area contributed by atoms with E-state index in [2.05, 4.69) is 18.4 Å². The number of hydrogen-bond acceptors (Lipinski definition) is 3. The Morgan fingerprint density at radius 3 is 2.62 bits per heavy atom. The summed E-state index contributed by atoms with van der Waals surface area (Å²) in [5, 5.41) is 0. The zero-order valence-electron chi connectivity index (χ0n) is 9.84. The molecule has 0 fully saturated rings. The van der Waals surface area contributed by atoms with Crippen LogP contribution in [0.4, 0.5) is 0 Å². The molecule has 1 rings (SSSR count). The van der Waals surface area contributed by atoms with E-state index in [1.54, 1.807) is 11.3 Å². The van der Waals surface area contributed by atoms with Gasteiger partial charge in [0.25, 0.3) is 0 Å². The van der Waals surface area contributed by atoms with Crippen molar-refractivity contribution in [2.24, 2.45) is 5.84 Å². The molecule has 4 heteroatoms. The van der Waals surface area contributed by atoms with Crippen LogP contribution in [0.5, 0.6) is 0 Å². The molecule has 1 aromatic rings. The minimum absolute atomic E-state index is 0.263. The molecule has 1 unspecified atom stereocenters. The van der Waals surface area contributed by atoms with Crippen LogP contribution in [0.25, 0.3) is 0 Å². The molecule has 1 atom stereocenters. The van der Waals surface area contributed by atoms with Crippen molar-refractivity contribution in [2.45, 2.75) is 51.5 Å². The fourth-order valence-corrected chi connectivity index (χ4v) is 2.93.